The Morgan fingerprint density at radius 2 is 1.66 bits per heavy atom. The van der Waals surface area contributed by atoms with Gasteiger partial charge in [0.15, 0.2) is 0 Å². The van der Waals surface area contributed by atoms with Crippen molar-refractivity contribution in [3.05, 3.63) is 75.7 Å². The highest BCUT2D eigenvalue weighted by molar-refractivity contribution is 7.18. The largest absolute Gasteiger partial charge is 0.477 e. The number of nitro groups is 1. The van der Waals surface area contributed by atoms with Crippen molar-refractivity contribution in [1.82, 2.24) is 4.90 Å². The average molecular weight is 452 g/mol. The standard InChI is InChI=1S/C22H20N4O5S/c27-21(28)20-18(14-19(32-20)15-4-2-1-3-5-15)23-22(29)25-12-10-24(11-13-25)16-6-8-17(9-7-16)26(30)31/h1-9,14H,10-13H2,(H,23,29)(H,27,28). The van der Waals surface area contributed by atoms with Crippen molar-refractivity contribution < 1.29 is 19.6 Å². The molecule has 3 aromatic rings. The maximum Gasteiger partial charge on any atom is 0.348 e. The number of anilines is 2. The molecule has 10 heteroatoms. The van der Waals surface area contributed by atoms with E-state index >= 15 is 0 Å². The Kier molecular flexibility index (Phi) is 6.04. The molecule has 2 N–H and O–H groups in total. The number of carbonyl (C=O) groups is 2. The molecule has 0 unspecified atom stereocenters. The Morgan fingerprint density at radius 1 is 1.00 bits per heavy atom. The van der Waals surface area contributed by atoms with E-state index in [-0.39, 0.29) is 22.3 Å². The van der Waals surface area contributed by atoms with Crippen LogP contribution in [0.1, 0.15) is 9.67 Å². The van der Waals surface area contributed by atoms with Crippen LogP contribution in [0.5, 0.6) is 0 Å². The molecular formula is C22H20N4O5S. The molecule has 0 radical (unpaired) electrons. The van der Waals surface area contributed by atoms with E-state index in [1.165, 1.54) is 12.1 Å². The lowest BCUT2D eigenvalue weighted by Crippen LogP contribution is -2.50. The number of nitrogens with zero attached hydrogens (tertiary/aromatic N) is 3. The molecule has 1 aromatic heterocycles. The summed E-state index contributed by atoms with van der Waals surface area (Å²) in [5, 5.41) is 23.1. The SMILES string of the molecule is O=C(O)c1sc(-c2ccccc2)cc1NC(=O)N1CCN(c2ccc([N+](=O)[O-])cc2)CC1. The van der Waals surface area contributed by atoms with E-state index < -0.39 is 10.9 Å². The van der Waals surface area contributed by atoms with Gasteiger partial charge in [0, 0.05) is 48.9 Å². The van der Waals surface area contributed by atoms with E-state index in [1.54, 1.807) is 23.1 Å². The van der Waals surface area contributed by atoms with Crippen molar-refractivity contribution in [2.45, 2.75) is 0 Å². The van der Waals surface area contributed by atoms with Crippen molar-refractivity contribution in [2.24, 2.45) is 0 Å². The minimum atomic E-state index is -1.09. The molecule has 0 atom stereocenters. The number of carbonyl (C=O) groups excluding carboxylic acids is 1. The second-order valence-electron chi connectivity index (χ2n) is 7.20. The fraction of sp³-hybridized carbons (Fsp3) is 0.182. The summed E-state index contributed by atoms with van der Waals surface area (Å²) in [7, 11) is 0. The quantitative estimate of drug-likeness (QED) is 0.439. The monoisotopic (exact) mass is 452 g/mol. The van der Waals surface area contributed by atoms with E-state index in [0.29, 0.717) is 26.2 Å². The van der Waals surface area contributed by atoms with Crippen molar-refractivity contribution in [2.75, 3.05) is 36.4 Å². The fourth-order valence-electron chi connectivity index (χ4n) is 3.53. The van der Waals surface area contributed by atoms with Crippen LogP contribution in [0.3, 0.4) is 0 Å². The van der Waals surface area contributed by atoms with Crippen LogP contribution in [-0.2, 0) is 0 Å². The number of aromatic carboxylic acids is 1. The highest BCUT2D eigenvalue weighted by Gasteiger charge is 2.24. The summed E-state index contributed by atoms with van der Waals surface area (Å²) in [5.41, 5.74) is 2.06. The number of thiophene rings is 1. The summed E-state index contributed by atoms with van der Waals surface area (Å²) < 4.78 is 0. The zero-order chi connectivity index (χ0) is 22.7. The number of carboxylic acids is 1. The predicted octanol–water partition coefficient (Wildman–Crippen LogP) is 4.38. The Balaban J connectivity index is 1.41. The first-order valence-electron chi connectivity index (χ1n) is 9.90. The van der Waals surface area contributed by atoms with Crippen LogP contribution in [0.4, 0.5) is 21.9 Å². The minimum Gasteiger partial charge on any atom is -0.477 e. The number of amides is 2. The lowest BCUT2D eigenvalue weighted by Gasteiger charge is -2.36. The Labute approximate surface area is 187 Å². The van der Waals surface area contributed by atoms with Gasteiger partial charge in [-0.2, -0.15) is 0 Å². The topological polar surface area (TPSA) is 116 Å². The van der Waals surface area contributed by atoms with Crippen molar-refractivity contribution in [3.8, 4) is 10.4 Å². The molecule has 0 bridgehead atoms. The van der Waals surface area contributed by atoms with Crippen LogP contribution in [-0.4, -0.2) is 53.1 Å². The first kappa shape index (κ1) is 21.3. The van der Waals surface area contributed by atoms with Crippen LogP contribution in [0, 0.1) is 10.1 Å². The zero-order valence-electron chi connectivity index (χ0n) is 16.9. The Hall–Kier alpha value is -3.92. The summed E-state index contributed by atoms with van der Waals surface area (Å²) in [6.45, 7) is 2.02. The van der Waals surface area contributed by atoms with E-state index in [9.17, 15) is 24.8 Å². The molecule has 32 heavy (non-hydrogen) atoms. The van der Waals surface area contributed by atoms with E-state index in [1.807, 2.05) is 35.2 Å². The highest BCUT2D eigenvalue weighted by atomic mass is 32.1. The molecule has 1 aliphatic rings. The molecule has 0 spiro atoms. The number of piperazine rings is 1. The van der Waals surface area contributed by atoms with Gasteiger partial charge in [0.05, 0.1) is 10.6 Å². The molecule has 1 aliphatic heterocycles. The molecule has 0 aliphatic carbocycles. The predicted molar refractivity (Wildman–Crippen MR) is 123 cm³/mol. The first-order valence-corrected chi connectivity index (χ1v) is 10.7. The number of urea groups is 1. The third kappa shape index (κ3) is 4.54. The summed E-state index contributed by atoms with van der Waals surface area (Å²) in [6, 6.07) is 17.1. The minimum absolute atomic E-state index is 0.0339. The van der Waals surface area contributed by atoms with Crippen LogP contribution < -0.4 is 10.2 Å². The lowest BCUT2D eigenvalue weighted by molar-refractivity contribution is -0.384. The van der Waals surface area contributed by atoms with Crippen LogP contribution in [0.25, 0.3) is 10.4 Å². The molecule has 1 saturated heterocycles. The summed E-state index contributed by atoms with van der Waals surface area (Å²) in [5.74, 6) is -1.09. The van der Waals surface area contributed by atoms with Gasteiger partial charge in [-0.3, -0.25) is 10.1 Å². The van der Waals surface area contributed by atoms with E-state index in [2.05, 4.69) is 5.32 Å². The smallest absolute Gasteiger partial charge is 0.348 e. The maximum atomic E-state index is 12.8. The summed E-state index contributed by atoms with van der Waals surface area (Å²) in [4.78, 5) is 39.4. The molecule has 4 rings (SSSR count). The zero-order valence-corrected chi connectivity index (χ0v) is 17.7. The van der Waals surface area contributed by atoms with Gasteiger partial charge in [0.2, 0.25) is 0 Å². The molecule has 2 amide bonds. The van der Waals surface area contributed by atoms with Gasteiger partial charge in [-0.05, 0) is 23.8 Å². The number of nitro benzene ring substituents is 1. The van der Waals surface area contributed by atoms with Crippen molar-refractivity contribution in [3.63, 3.8) is 0 Å². The van der Waals surface area contributed by atoms with Crippen molar-refractivity contribution >= 4 is 40.4 Å². The normalized spacial score (nSPS) is 13.6. The van der Waals surface area contributed by atoms with Gasteiger partial charge in [0.25, 0.3) is 5.69 Å². The third-order valence-corrected chi connectivity index (χ3v) is 6.39. The number of hydrogen-bond donors (Lipinski definition) is 2. The molecule has 9 nitrogen and oxygen atoms in total. The third-order valence-electron chi connectivity index (χ3n) is 5.22. The molecule has 1 fully saturated rings. The Morgan fingerprint density at radius 3 is 2.25 bits per heavy atom. The van der Waals surface area contributed by atoms with Gasteiger partial charge in [-0.1, -0.05) is 30.3 Å². The van der Waals surface area contributed by atoms with Gasteiger partial charge < -0.3 is 20.2 Å². The number of non-ortho nitro benzene ring substituents is 1. The average Bonchev–Trinajstić information content (AvgIpc) is 3.24. The van der Waals surface area contributed by atoms with E-state index in [0.717, 1.165) is 27.5 Å². The number of hydrogen-bond acceptors (Lipinski definition) is 6. The van der Waals surface area contributed by atoms with E-state index in [4.69, 9.17) is 0 Å². The molecule has 2 heterocycles. The van der Waals surface area contributed by atoms with Gasteiger partial charge in [0.1, 0.15) is 4.88 Å². The Bertz CT molecular complexity index is 1140. The van der Waals surface area contributed by atoms with Gasteiger partial charge in [-0.25, -0.2) is 9.59 Å². The first-order chi connectivity index (χ1) is 15.4. The van der Waals surface area contributed by atoms with Crippen LogP contribution in [0.2, 0.25) is 0 Å². The second kappa shape index (κ2) is 9.06. The molecule has 2 aromatic carbocycles. The van der Waals surface area contributed by atoms with Crippen molar-refractivity contribution in [1.29, 1.82) is 0 Å². The number of nitrogens with one attached hydrogen (secondary N) is 1. The van der Waals surface area contributed by atoms with Crippen LogP contribution >= 0.6 is 11.3 Å². The number of rotatable bonds is 5. The summed E-state index contributed by atoms with van der Waals surface area (Å²) >= 11 is 1.12. The molecule has 0 saturated carbocycles. The summed E-state index contributed by atoms with van der Waals surface area (Å²) in [6.07, 6.45) is 0. The van der Waals surface area contributed by atoms with Gasteiger partial charge in [-0.15, -0.1) is 11.3 Å². The second-order valence-corrected chi connectivity index (χ2v) is 8.25. The van der Waals surface area contributed by atoms with Crippen LogP contribution in [0.15, 0.2) is 60.7 Å². The van der Waals surface area contributed by atoms with Gasteiger partial charge >= 0.3 is 12.0 Å². The fourth-order valence-corrected chi connectivity index (χ4v) is 4.49. The number of benzene rings is 2. The molecular weight excluding hydrogens is 432 g/mol. The lowest BCUT2D eigenvalue weighted by atomic mass is 10.2. The number of carboxylic acid groups (broad SMARTS) is 1. The highest BCUT2D eigenvalue weighted by Crippen LogP contribution is 2.35. The molecule has 164 valence electrons. The maximum absolute atomic E-state index is 12.8.